The predicted octanol–water partition coefficient (Wildman–Crippen LogP) is 1.76. The van der Waals surface area contributed by atoms with E-state index in [1.54, 1.807) is 17.2 Å². The van der Waals surface area contributed by atoms with E-state index >= 15 is 0 Å². The van der Waals surface area contributed by atoms with Crippen LogP contribution in [0.4, 0.5) is 0 Å². The first-order valence-corrected chi connectivity index (χ1v) is 8.09. The topological polar surface area (TPSA) is 89.2 Å². The van der Waals surface area contributed by atoms with Gasteiger partial charge in [0, 0.05) is 25.6 Å². The smallest absolute Gasteiger partial charge is 0.246 e. The van der Waals surface area contributed by atoms with Gasteiger partial charge in [0.1, 0.15) is 0 Å². The summed E-state index contributed by atoms with van der Waals surface area (Å²) in [5.74, 6) is -0.0149. The Morgan fingerprint density at radius 1 is 1.21 bits per heavy atom. The average molecular weight is 324 g/mol. The summed E-state index contributed by atoms with van der Waals surface area (Å²) in [5.41, 5.74) is 7.52. The van der Waals surface area contributed by atoms with Gasteiger partial charge in [-0.2, -0.15) is 0 Å². The van der Waals surface area contributed by atoms with Crippen LogP contribution in [0.15, 0.2) is 36.5 Å². The molecular formula is C18H20N4O2. The van der Waals surface area contributed by atoms with E-state index in [1.165, 1.54) is 6.08 Å². The number of carbonyl (C=O) groups excluding carboxylic acids is 2. The second-order valence-corrected chi connectivity index (χ2v) is 6.06. The number of para-hydroxylation sites is 2. The Morgan fingerprint density at radius 3 is 2.62 bits per heavy atom. The lowest BCUT2D eigenvalue weighted by molar-refractivity contribution is -0.127. The summed E-state index contributed by atoms with van der Waals surface area (Å²) in [6, 6.07) is 7.62. The maximum atomic E-state index is 12.3. The number of nitrogens with zero attached hydrogens (tertiary/aromatic N) is 3. The van der Waals surface area contributed by atoms with E-state index in [4.69, 9.17) is 5.73 Å². The molecule has 1 saturated heterocycles. The highest BCUT2D eigenvalue weighted by molar-refractivity contribution is 5.91. The van der Waals surface area contributed by atoms with Crippen LogP contribution in [0.1, 0.15) is 25.0 Å². The number of nitrogens with two attached hydrogens (primary N) is 1. The molecule has 124 valence electrons. The molecule has 2 aromatic rings. The number of primary amides is 1. The van der Waals surface area contributed by atoms with Crippen molar-refractivity contribution < 1.29 is 9.59 Å². The highest BCUT2D eigenvalue weighted by Gasteiger charge is 2.22. The predicted molar refractivity (Wildman–Crippen MR) is 91.7 cm³/mol. The molecule has 0 atom stereocenters. The summed E-state index contributed by atoms with van der Waals surface area (Å²) in [6.07, 6.45) is 6.93. The zero-order valence-electron chi connectivity index (χ0n) is 13.4. The van der Waals surface area contributed by atoms with Gasteiger partial charge in [0.2, 0.25) is 11.8 Å². The van der Waals surface area contributed by atoms with Gasteiger partial charge in [0.15, 0.2) is 0 Å². The van der Waals surface area contributed by atoms with Crippen LogP contribution in [0.25, 0.3) is 17.1 Å². The van der Waals surface area contributed by atoms with Crippen molar-refractivity contribution in [2.45, 2.75) is 19.3 Å². The molecule has 0 spiro atoms. The van der Waals surface area contributed by atoms with Gasteiger partial charge in [-0.25, -0.2) is 4.98 Å². The molecular weight excluding hydrogens is 304 g/mol. The molecule has 2 heterocycles. The number of piperidine rings is 1. The maximum absolute atomic E-state index is 12.3. The van der Waals surface area contributed by atoms with Crippen LogP contribution < -0.4 is 5.73 Å². The molecule has 1 aromatic heterocycles. The Labute approximate surface area is 140 Å². The van der Waals surface area contributed by atoms with E-state index in [9.17, 15) is 9.59 Å². The van der Waals surface area contributed by atoms with Crippen molar-refractivity contribution in [2.75, 3.05) is 13.1 Å². The third-order valence-electron chi connectivity index (χ3n) is 4.28. The van der Waals surface area contributed by atoms with Gasteiger partial charge >= 0.3 is 0 Å². The van der Waals surface area contributed by atoms with Crippen molar-refractivity contribution >= 4 is 28.9 Å². The number of fused-ring (bicyclic) bond motifs is 1. The molecule has 0 radical (unpaired) electrons. The zero-order valence-corrected chi connectivity index (χ0v) is 13.4. The first-order valence-electron chi connectivity index (χ1n) is 8.09. The molecule has 0 bridgehead atoms. The van der Waals surface area contributed by atoms with Gasteiger partial charge in [0.05, 0.1) is 22.9 Å². The standard InChI is InChI=1S/C18H20N4O2/c19-17(23)11-13-7-9-22(10-8-13)18(24)6-5-14-12-20-15-3-1-2-4-16(15)21-14/h1-6,12-13H,7-11H2,(H2,19,23)/b6-5+. The Balaban J connectivity index is 1.59. The summed E-state index contributed by atoms with van der Waals surface area (Å²) in [4.78, 5) is 33.8. The second kappa shape index (κ2) is 7.21. The van der Waals surface area contributed by atoms with Crippen LogP contribution in [0.5, 0.6) is 0 Å². The van der Waals surface area contributed by atoms with E-state index in [-0.39, 0.29) is 11.8 Å². The molecule has 1 aliphatic rings. The minimum atomic E-state index is -0.269. The average Bonchev–Trinajstić information content (AvgIpc) is 2.59. The monoisotopic (exact) mass is 324 g/mol. The molecule has 24 heavy (non-hydrogen) atoms. The number of hydrogen-bond donors (Lipinski definition) is 1. The van der Waals surface area contributed by atoms with E-state index in [2.05, 4.69) is 9.97 Å². The summed E-state index contributed by atoms with van der Waals surface area (Å²) in [6.45, 7) is 1.31. The Hall–Kier alpha value is -2.76. The van der Waals surface area contributed by atoms with Crippen LogP contribution in [-0.4, -0.2) is 39.8 Å². The largest absolute Gasteiger partial charge is 0.370 e. The maximum Gasteiger partial charge on any atom is 0.246 e. The fourth-order valence-electron chi connectivity index (χ4n) is 2.96. The van der Waals surface area contributed by atoms with Crippen molar-refractivity contribution in [3.63, 3.8) is 0 Å². The number of hydrogen-bond acceptors (Lipinski definition) is 4. The molecule has 6 heteroatoms. The number of benzene rings is 1. The number of aromatic nitrogens is 2. The highest BCUT2D eigenvalue weighted by atomic mass is 16.2. The molecule has 1 aromatic carbocycles. The van der Waals surface area contributed by atoms with Gasteiger partial charge in [0.25, 0.3) is 0 Å². The molecule has 0 aliphatic carbocycles. The van der Waals surface area contributed by atoms with Crippen LogP contribution in [0.2, 0.25) is 0 Å². The van der Waals surface area contributed by atoms with E-state index in [0.717, 1.165) is 23.9 Å². The lowest BCUT2D eigenvalue weighted by atomic mass is 9.93. The Morgan fingerprint density at radius 2 is 1.92 bits per heavy atom. The number of likely N-dealkylation sites (tertiary alicyclic amines) is 1. The van der Waals surface area contributed by atoms with Gasteiger partial charge in [-0.15, -0.1) is 0 Å². The lowest BCUT2D eigenvalue weighted by Gasteiger charge is -2.30. The molecule has 1 aliphatic heterocycles. The fourth-order valence-corrected chi connectivity index (χ4v) is 2.96. The number of amides is 2. The van der Waals surface area contributed by atoms with Crippen molar-refractivity contribution in [1.29, 1.82) is 0 Å². The molecule has 6 nitrogen and oxygen atoms in total. The van der Waals surface area contributed by atoms with Crippen LogP contribution in [0.3, 0.4) is 0 Å². The second-order valence-electron chi connectivity index (χ2n) is 6.06. The normalized spacial score (nSPS) is 15.9. The third-order valence-corrected chi connectivity index (χ3v) is 4.28. The quantitative estimate of drug-likeness (QED) is 0.868. The molecule has 1 fully saturated rings. The molecule has 2 N–H and O–H groups in total. The minimum Gasteiger partial charge on any atom is -0.370 e. The van der Waals surface area contributed by atoms with Gasteiger partial charge in [-0.1, -0.05) is 12.1 Å². The molecule has 3 rings (SSSR count). The van der Waals surface area contributed by atoms with E-state index < -0.39 is 0 Å². The van der Waals surface area contributed by atoms with Gasteiger partial charge in [-0.3, -0.25) is 14.6 Å². The van der Waals surface area contributed by atoms with Crippen molar-refractivity contribution in [3.05, 3.63) is 42.2 Å². The van der Waals surface area contributed by atoms with E-state index in [0.29, 0.717) is 31.1 Å². The van der Waals surface area contributed by atoms with Crippen molar-refractivity contribution in [1.82, 2.24) is 14.9 Å². The first kappa shape index (κ1) is 16.1. The third kappa shape index (κ3) is 3.95. The van der Waals surface area contributed by atoms with Crippen LogP contribution in [-0.2, 0) is 9.59 Å². The minimum absolute atomic E-state index is 0.0394. The van der Waals surface area contributed by atoms with Crippen LogP contribution in [0, 0.1) is 5.92 Å². The Kier molecular flexibility index (Phi) is 4.84. The molecule has 0 saturated carbocycles. The summed E-state index contributed by atoms with van der Waals surface area (Å²) in [5, 5.41) is 0. The molecule has 0 unspecified atom stereocenters. The van der Waals surface area contributed by atoms with Crippen LogP contribution >= 0.6 is 0 Å². The fraction of sp³-hybridized carbons (Fsp3) is 0.333. The summed E-state index contributed by atoms with van der Waals surface area (Å²) >= 11 is 0. The Bertz CT molecular complexity index is 779. The van der Waals surface area contributed by atoms with Crippen molar-refractivity contribution in [2.24, 2.45) is 11.7 Å². The van der Waals surface area contributed by atoms with E-state index in [1.807, 2.05) is 24.3 Å². The molecule has 2 amide bonds. The number of carbonyl (C=O) groups is 2. The van der Waals surface area contributed by atoms with Gasteiger partial charge < -0.3 is 10.6 Å². The summed E-state index contributed by atoms with van der Waals surface area (Å²) < 4.78 is 0. The highest BCUT2D eigenvalue weighted by Crippen LogP contribution is 2.20. The summed E-state index contributed by atoms with van der Waals surface area (Å²) in [7, 11) is 0. The SMILES string of the molecule is NC(=O)CC1CCN(C(=O)/C=C/c2cnc3ccccc3n2)CC1. The number of rotatable bonds is 4. The lowest BCUT2D eigenvalue weighted by Crippen LogP contribution is -2.38. The zero-order chi connectivity index (χ0) is 16.9. The first-order chi connectivity index (χ1) is 11.6. The van der Waals surface area contributed by atoms with Crippen molar-refractivity contribution in [3.8, 4) is 0 Å². The van der Waals surface area contributed by atoms with Gasteiger partial charge in [-0.05, 0) is 37.0 Å².